The first-order valence-corrected chi connectivity index (χ1v) is 5.39. The van der Waals surface area contributed by atoms with Crippen molar-refractivity contribution in [1.29, 1.82) is 0 Å². The summed E-state index contributed by atoms with van der Waals surface area (Å²) in [5.74, 6) is -1.34. The second-order valence-corrected chi connectivity index (χ2v) is 4.27. The number of hydrogen-bond donors (Lipinski definition) is 2. The Labute approximate surface area is 97.2 Å². The molecule has 0 spiro atoms. The first-order valence-electron chi connectivity index (χ1n) is 5.01. The summed E-state index contributed by atoms with van der Waals surface area (Å²) in [4.78, 5) is 10.7. The van der Waals surface area contributed by atoms with Gasteiger partial charge >= 0.3 is 5.97 Å². The third-order valence-corrected chi connectivity index (χ3v) is 3.10. The van der Waals surface area contributed by atoms with Gasteiger partial charge in [-0.3, -0.25) is 10.1 Å². The lowest BCUT2D eigenvalue weighted by Crippen LogP contribution is -2.31. The number of halogens is 2. The van der Waals surface area contributed by atoms with E-state index in [4.69, 9.17) is 16.7 Å². The molecule has 3 nitrogen and oxygen atoms in total. The van der Waals surface area contributed by atoms with E-state index in [0.717, 1.165) is 5.56 Å². The fraction of sp³-hybridized carbons (Fsp3) is 0.364. The van der Waals surface area contributed by atoms with Crippen LogP contribution in [-0.2, 0) is 4.79 Å². The molecule has 1 fully saturated rings. The summed E-state index contributed by atoms with van der Waals surface area (Å²) < 4.78 is 13.2. The fourth-order valence-corrected chi connectivity index (χ4v) is 2.05. The van der Waals surface area contributed by atoms with Gasteiger partial charge in [0.05, 0.1) is 5.02 Å². The number of rotatable bonds is 2. The van der Waals surface area contributed by atoms with Gasteiger partial charge in [0.15, 0.2) is 0 Å². The third kappa shape index (κ3) is 2.18. The Bertz CT molecular complexity index is 424. The van der Waals surface area contributed by atoms with Gasteiger partial charge in [-0.25, -0.2) is 4.39 Å². The van der Waals surface area contributed by atoms with Crippen molar-refractivity contribution in [2.45, 2.75) is 24.9 Å². The number of carbonyl (C=O) groups is 1. The predicted octanol–water partition coefficient (Wildman–Crippen LogP) is 2.36. The predicted molar refractivity (Wildman–Crippen MR) is 57.9 cm³/mol. The molecule has 0 radical (unpaired) electrons. The summed E-state index contributed by atoms with van der Waals surface area (Å²) in [5, 5.41) is 11.8. The topological polar surface area (TPSA) is 49.3 Å². The molecule has 0 aliphatic carbocycles. The average Bonchev–Trinajstić information content (AvgIpc) is 2.71. The molecule has 1 aromatic carbocycles. The van der Waals surface area contributed by atoms with Gasteiger partial charge in [0.1, 0.15) is 11.9 Å². The highest BCUT2D eigenvalue weighted by Gasteiger charge is 2.29. The minimum Gasteiger partial charge on any atom is -0.480 e. The number of benzene rings is 1. The van der Waals surface area contributed by atoms with Gasteiger partial charge in [0.2, 0.25) is 0 Å². The van der Waals surface area contributed by atoms with Crippen molar-refractivity contribution in [3.8, 4) is 0 Å². The molecule has 5 heteroatoms. The second kappa shape index (κ2) is 4.39. The lowest BCUT2D eigenvalue weighted by atomic mass is 10.1. The Morgan fingerprint density at radius 2 is 2.25 bits per heavy atom. The summed E-state index contributed by atoms with van der Waals surface area (Å²) in [6, 6.07) is 3.91. The zero-order chi connectivity index (χ0) is 11.7. The number of carboxylic acids is 1. The Balaban J connectivity index is 2.14. The van der Waals surface area contributed by atoms with Crippen LogP contribution in [0.2, 0.25) is 5.02 Å². The zero-order valence-electron chi connectivity index (χ0n) is 8.41. The Hall–Kier alpha value is -1.13. The maximum absolute atomic E-state index is 13.2. The van der Waals surface area contributed by atoms with Gasteiger partial charge in [0.25, 0.3) is 0 Å². The average molecular weight is 244 g/mol. The monoisotopic (exact) mass is 243 g/mol. The summed E-state index contributed by atoms with van der Waals surface area (Å²) >= 11 is 5.58. The lowest BCUT2D eigenvalue weighted by molar-refractivity contribution is -0.139. The number of hydrogen-bond acceptors (Lipinski definition) is 2. The molecule has 1 saturated heterocycles. The summed E-state index contributed by atoms with van der Waals surface area (Å²) in [5.41, 5.74) is 0.741. The highest BCUT2D eigenvalue weighted by molar-refractivity contribution is 6.30. The SMILES string of the molecule is O=C(O)C1CCC(c2ccc(Cl)c(F)c2)N1. The molecule has 1 heterocycles. The van der Waals surface area contributed by atoms with E-state index in [2.05, 4.69) is 5.32 Å². The zero-order valence-corrected chi connectivity index (χ0v) is 9.17. The minimum atomic E-state index is -0.864. The van der Waals surface area contributed by atoms with Crippen molar-refractivity contribution < 1.29 is 14.3 Å². The smallest absolute Gasteiger partial charge is 0.320 e. The van der Waals surface area contributed by atoms with Crippen LogP contribution in [0.4, 0.5) is 4.39 Å². The molecule has 2 unspecified atom stereocenters. The van der Waals surface area contributed by atoms with Crippen LogP contribution in [0.1, 0.15) is 24.4 Å². The van der Waals surface area contributed by atoms with Crippen molar-refractivity contribution in [2.75, 3.05) is 0 Å². The van der Waals surface area contributed by atoms with Gasteiger partial charge in [-0.15, -0.1) is 0 Å². The van der Waals surface area contributed by atoms with Crippen LogP contribution >= 0.6 is 11.6 Å². The van der Waals surface area contributed by atoms with Crippen molar-refractivity contribution in [3.05, 3.63) is 34.6 Å². The second-order valence-electron chi connectivity index (χ2n) is 3.86. The molecular weight excluding hydrogens is 233 g/mol. The number of aliphatic carboxylic acids is 1. The maximum Gasteiger partial charge on any atom is 0.320 e. The largest absolute Gasteiger partial charge is 0.480 e. The molecular formula is C11H11ClFNO2. The van der Waals surface area contributed by atoms with E-state index < -0.39 is 17.8 Å². The maximum atomic E-state index is 13.2. The summed E-state index contributed by atoms with van der Waals surface area (Å²) in [6.07, 6.45) is 1.25. The van der Waals surface area contributed by atoms with Gasteiger partial charge < -0.3 is 5.11 Å². The van der Waals surface area contributed by atoms with E-state index in [-0.39, 0.29) is 11.1 Å². The van der Waals surface area contributed by atoms with E-state index >= 15 is 0 Å². The van der Waals surface area contributed by atoms with Gasteiger partial charge in [-0.05, 0) is 30.5 Å². The Morgan fingerprint density at radius 3 is 2.81 bits per heavy atom. The normalized spacial score (nSPS) is 24.6. The van der Waals surface area contributed by atoms with Crippen LogP contribution in [0.15, 0.2) is 18.2 Å². The van der Waals surface area contributed by atoms with E-state index in [1.54, 1.807) is 6.07 Å². The standard InChI is InChI=1S/C11H11ClFNO2/c12-7-2-1-6(5-8(7)13)9-3-4-10(14-9)11(15)16/h1-2,5,9-10,14H,3-4H2,(H,15,16). The lowest BCUT2D eigenvalue weighted by Gasteiger charge is -2.12. The highest BCUT2D eigenvalue weighted by Crippen LogP contribution is 2.28. The van der Waals surface area contributed by atoms with Crippen LogP contribution in [0, 0.1) is 5.82 Å². The molecule has 86 valence electrons. The van der Waals surface area contributed by atoms with E-state index in [9.17, 15) is 9.18 Å². The van der Waals surface area contributed by atoms with Crippen molar-refractivity contribution >= 4 is 17.6 Å². The third-order valence-electron chi connectivity index (χ3n) is 2.79. The van der Waals surface area contributed by atoms with Gasteiger partial charge in [-0.1, -0.05) is 17.7 Å². The molecule has 1 aliphatic heterocycles. The quantitative estimate of drug-likeness (QED) is 0.838. The van der Waals surface area contributed by atoms with Crippen molar-refractivity contribution in [2.24, 2.45) is 0 Å². The molecule has 2 atom stereocenters. The minimum absolute atomic E-state index is 0.0801. The van der Waals surface area contributed by atoms with Crippen molar-refractivity contribution in [1.82, 2.24) is 5.32 Å². The van der Waals surface area contributed by atoms with Gasteiger partial charge in [0, 0.05) is 6.04 Å². The van der Waals surface area contributed by atoms with E-state index in [1.807, 2.05) is 0 Å². The van der Waals surface area contributed by atoms with Crippen LogP contribution in [0.25, 0.3) is 0 Å². The first-order chi connectivity index (χ1) is 7.58. The molecule has 1 aliphatic rings. The molecule has 2 rings (SSSR count). The number of nitrogens with one attached hydrogen (secondary N) is 1. The molecule has 0 aromatic heterocycles. The first kappa shape index (κ1) is 11.4. The van der Waals surface area contributed by atoms with Crippen molar-refractivity contribution in [3.63, 3.8) is 0 Å². The van der Waals surface area contributed by atoms with Gasteiger partial charge in [-0.2, -0.15) is 0 Å². The van der Waals surface area contributed by atoms with Crippen LogP contribution in [0.3, 0.4) is 0 Å². The summed E-state index contributed by atoms with van der Waals surface area (Å²) in [7, 11) is 0. The molecule has 1 aromatic rings. The van der Waals surface area contributed by atoms with Crippen LogP contribution in [0.5, 0.6) is 0 Å². The fourth-order valence-electron chi connectivity index (χ4n) is 1.93. The molecule has 0 amide bonds. The number of carboxylic acid groups (broad SMARTS) is 1. The van der Waals surface area contributed by atoms with E-state index in [1.165, 1.54) is 12.1 Å². The Kier molecular flexibility index (Phi) is 3.12. The van der Waals surface area contributed by atoms with Crippen LogP contribution < -0.4 is 5.32 Å². The summed E-state index contributed by atoms with van der Waals surface area (Å²) in [6.45, 7) is 0. The molecule has 16 heavy (non-hydrogen) atoms. The van der Waals surface area contributed by atoms with E-state index in [0.29, 0.717) is 12.8 Å². The van der Waals surface area contributed by atoms with Crippen LogP contribution in [-0.4, -0.2) is 17.1 Å². The molecule has 0 bridgehead atoms. The highest BCUT2D eigenvalue weighted by atomic mass is 35.5. The molecule has 2 N–H and O–H groups in total. The Morgan fingerprint density at radius 1 is 1.50 bits per heavy atom. The molecule has 0 saturated carbocycles.